The molecular formula is C7H5FINO2. The van der Waals surface area contributed by atoms with Crippen LogP contribution in [0.3, 0.4) is 0 Å². The summed E-state index contributed by atoms with van der Waals surface area (Å²) in [4.78, 5) is 9.85. The Hall–Kier alpha value is -0.720. The second-order valence-electron chi connectivity index (χ2n) is 2.31. The van der Waals surface area contributed by atoms with Crippen molar-refractivity contribution in [1.82, 2.24) is 0 Å². The molecule has 0 aliphatic heterocycles. The Morgan fingerprint density at radius 1 is 1.58 bits per heavy atom. The number of nitrogens with zero attached hydrogens (tertiary/aromatic N) is 1. The minimum atomic E-state index is -0.517. The number of nitro benzene ring substituents is 1. The molecule has 12 heavy (non-hydrogen) atoms. The third kappa shape index (κ3) is 1.71. The minimum absolute atomic E-state index is 0.0409. The molecule has 0 saturated heterocycles. The Kier molecular flexibility index (Phi) is 2.61. The third-order valence-corrected chi connectivity index (χ3v) is 2.26. The number of aryl methyl sites for hydroxylation is 1. The monoisotopic (exact) mass is 281 g/mol. The van der Waals surface area contributed by atoms with Gasteiger partial charge in [-0.1, -0.05) is 0 Å². The summed E-state index contributed by atoms with van der Waals surface area (Å²) in [5.74, 6) is -0.418. The molecule has 0 saturated carbocycles. The molecule has 0 unspecified atom stereocenters. The molecular weight excluding hydrogens is 276 g/mol. The third-order valence-electron chi connectivity index (χ3n) is 1.44. The van der Waals surface area contributed by atoms with Crippen molar-refractivity contribution in [2.24, 2.45) is 0 Å². The largest absolute Gasteiger partial charge is 0.273 e. The lowest BCUT2D eigenvalue weighted by Gasteiger charge is -1.98. The molecule has 0 N–H and O–H groups in total. The van der Waals surface area contributed by atoms with Crippen LogP contribution in [0.5, 0.6) is 0 Å². The average molecular weight is 281 g/mol. The second-order valence-corrected chi connectivity index (χ2v) is 3.47. The van der Waals surface area contributed by atoms with E-state index in [4.69, 9.17) is 0 Å². The van der Waals surface area contributed by atoms with Crippen molar-refractivity contribution in [3.05, 3.63) is 37.2 Å². The summed E-state index contributed by atoms with van der Waals surface area (Å²) in [6, 6.07) is 2.39. The SMILES string of the molecule is Cc1cc(F)c(I)cc1[N+](=O)[O-]. The van der Waals surface area contributed by atoms with Gasteiger partial charge in [0.25, 0.3) is 5.69 Å². The van der Waals surface area contributed by atoms with Gasteiger partial charge in [-0.2, -0.15) is 0 Å². The smallest absolute Gasteiger partial charge is 0.258 e. The molecule has 0 amide bonds. The maximum absolute atomic E-state index is 12.8. The molecule has 0 aliphatic carbocycles. The molecule has 1 aromatic carbocycles. The first-order chi connectivity index (χ1) is 5.52. The van der Waals surface area contributed by atoms with Gasteiger partial charge in [0.1, 0.15) is 5.82 Å². The van der Waals surface area contributed by atoms with Crippen LogP contribution in [0.15, 0.2) is 12.1 Å². The van der Waals surface area contributed by atoms with E-state index in [0.717, 1.165) is 0 Å². The number of nitro groups is 1. The minimum Gasteiger partial charge on any atom is -0.258 e. The van der Waals surface area contributed by atoms with Crippen molar-refractivity contribution in [2.75, 3.05) is 0 Å². The van der Waals surface area contributed by atoms with Gasteiger partial charge in [-0.05, 0) is 35.6 Å². The Morgan fingerprint density at radius 2 is 2.17 bits per heavy atom. The number of benzene rings is 1. The average Bonchev–Trinajstić information content (AvgIpc) is 1.96. The Balaban J connectivity index is 3.33. The highest BCUT2D eigenvalue weighted by molar-refractivity contribution is 14.1. The number of rotatable bonds is 1. The van der Waals surface area contributed by atoms with Crippen molar-refractivity contribution in [1.29, 1.82) is 0 Å². The van der Waals surface area contributed by atoms with E-state index in [0.29, 0.717) is 5.56 Å². The van der Waals surface area contributed by atoms with Crippen molar-refractivity contribution < 1.29 is 9.31 Å². The summed E-state index contributed by atoms with van der Waals surface area (Å²) in [5.41, 5.74) is 0.304. The first-order valence-corrected chi connectivity index (χ1v) is 4.20. The predicted molar refractivity (Wildman–Crippen MR) is 50.5 cm³/mol. The van der Waals surface area contributed by atoms with Crippen molar-refractivity contribution >= 4 is 28.3 Å². The number of hydrogen-bond donors (Lipinski definition) is 0. The van der Waals surface area contributed by atoms with Crippen LogP contribution < -0.4 is 0 Å². The Labute approximate surface area is 81.9 Å². The van der Waals surface area contributed by atoms with Crippen LogP contribution in [-0.2, 0) is 0 Å². The zero-order valence-electron chi connectivity index (χ0n) is 6.17. The van der Waals surface area contributed by atoms with Gasteiger partial charge >= 0.3 is 0 Å². The van der Waals surface area contributed by atoms with Crippen LogP contribution in [0, 0.1) is 26.4 Å². The van der Waals surface area contributed by atoms with Gasteiger partial charge in [0, 0.05) is 11.6 Å². The molecule has 0 aliphatic rings. The van der Waals surface area contributed by atoms with E-state index < -0.39 is 10.7 Å². The van der Waals surface area contributed by atoms with Gasteiger partial charge in [0.05, 0.1) is 8.49 Å². The molecule has 3 nitrogen and oxygen atoms in total. The van der Waals surface area contributed by atoms with Gasteiger partial charge in [-0.25, -0.2) is 4.39 Å². The van der Waals surface area contributed by atoms with E-state index in [1.807, 2.05) is 0 Å². The first kappa shape index (κ1) is 9.37. The van der Waals surface area contributed by atoms with E-state index >= 15 is 0 Å². The van der Waals surface area contributed by atoms with E-state index in [1.165, 1.54) is 19.1 Å². The van der Waals surface area contributed by atoms with Crippen molar-refractivity contribution in [3.63, 3.8) is 0 Å². The highest BCUT2D eigenvalue weighted by atomic mass is 127. The lowest BCUT2D eigenvalue weighted by atomic mass is 10.2. The highest BCUT2D eigenvalue weighted by Gasteiger charge is 2.13. The lowest BCUT2D eigenvalue weighted by molar-refractivity contribution is -0.385. The number of halogens is 2. The second kappa shape index (κ2) is 3.34. The zero-order chi connectivity index (χ0) is 9.30. The summed E-state index contributed by atoms with van der Waals surface area (Å²) >= 11 is 1.72. The summed E-state index contributed by atoms with van der Waals surface area (Å²) in [6.07, 6.45) is 0. The molecule has 0 fully saturated rings. The zero-order valence-corrected chi connectivity index (χ0v) is 8.33. The van der Waals surface area contributed by atoms with E-state index in [-0.39, 0.29) is 9.26 Å². The summed E-state index contributed by atoms with van der Waals surface area (Å²) in [6.45, 7) is 1.51. The van der Waals surface area contributed by atoms with E-state index in [9.17, 15) is 14.5 Å². The maximum atomic E-state index is 12.8. The van der Waals surface area contributed by atoms with Crippen molar-refractivity contribution in [3.8, 4) is 0 Å². The fourth-order valence-electron chi connectivity index (χ4n) is 0.832. The van der Waals surface area contributed by atoms with Crippen LogP contribution >= 0.6 is 22.6 Å². The Morgan fingerprint density at radius 3 is 2.67 bits per heavy atom. The number of hydrogen-bond acceptors (Lipinski definition) is 2. The lowest BCUT2D eigenvalue weighted by Crippen LogP contribution is -1.94. The molecule has 64 valence electrons. The van der Waals surface area contributed by atoms with Gasteiger partial charge in [-0.15, -0.1) is 0 Å². The predicted octanol–water partition coefficient (Wildman–Crippen LogP) is 2.65. The molecule has 0 heterocycles. The highest BCUT2D eigenvalue weighted by Crippen LogP contribution is 2.22. The summed E-state index contributed by atoms with van der Waals surface area (Å²) in [7, 11) is 0. The van der Waals surface area contributed by atoms with E-state index in [1.54, 1.807) is 22.6 Å². The van der Waals surface area contributed by atoms with Gasteiger partial charge in [-0.3, -0.25) is 10.1 Å². The van der Waals surface area contributed by atoms with Gasteiger partial charge in [0.2, 0.25) is 0 Å². The standard InChI is InChI=1S/C7H5FINO2/c1-4-2-5(8)6(9)3-7(4)10(11)12/h2-3H,1H3. The molecule has 5 heteroatoms. The molecule has 0 atom stereocenters. The van der Waals surface area contributed by atoms with Crippen LogP contribution in [0.4, 0.5) is 10.1 Å². The fraction of sp³-hybridized carbons (Fsp3) is 0.143. The molecule has 0 bridgehead atoms. The van der Waals surface area contributed by atoms with Crippen LogP contribution in [0.1, 0.15) is 5.56 Å². The summed E-state index contributed by atoms with van der Waals surface area (Å²) in [5, 5.41) is 10.4. The van der Waals surface area contributed by atoms with Crippen LogP contribution in [0.2, 0.25) is 0 Å². The maximum Gasteiger partial charge on any atom is 0.273 e. The fourth-order valence-corrected chi connectivity index (χ4v) is 1.28. The van der Waals surface area contributed by atoms with E-state index in [2.05, 4.69) is 0 Å². The van der Waals surface area contributed by atoms with Crippen molar-refractivity contribution in [2.45, 2.75) is 6.92 Å². The molecule has 0 aromatic heterocycles. The normalized spacial score (nSPS) is 9.92. The molecule has 1 rings (SSSR count). The molecule has 1 aromatic rings. The topological polar surface area (TPSA) is 43.1 Å². The summed E-state index contributed by atoms with van der Waals surface area (Å²) < 4.78 is 13.1. The van der Waals surface area contributed by atoms with Gasteiger partial charge < -0.3 is 0 Å². The Bertz CT molecular complexity index is 340. The van der Waals surface area contributed by atoms with Crippen LogP contribution in [-0.4, -0.2) is 4.92 Å². The molecule has 0 spiro atoms. The molecule has 0 radical (unpaired) electrons. The quantitative estimate of drug-likeness (QED) is 0.451. The first-order valence-electron chi connectivity index (χ1n) is 3.12. The van der Waals surface area contributed by atoms with Crippen LogP contribution in [0.25, 0.3) is 0 Å². The van der Waals surface area contributed by atoms with Gasteiger partial charge in [0.15, 0.2) is 0 Å².